The zero-order chi connectivity index (χ0) is 15.9. The molecule has 2 rings (SSSR count). The molecule has 0 saturated carbocycles. The molecule has 1 aromatic carbocycles. The number of piperidine rings is 1. The highest BCUT2D eigenvalue weighted by molar-refractivity contribution is 5.41. The van der Waals surface area contributed by atoms with Crippen LogP contribution in [0.1, 0.15) is 50.7 Å². The monoisotopic (exact) mass is 307 g/mol. The van der Waals surface area contributed by atoms with Crippen molar-refractivity contribution in [3.8, 4) is 11.5 Å². The second kappa shape index (κ2) is 8.39. The average molecular weight is 307 g/mol. The van der Waals surface area contributed by atoms with Gasteiger partial charge in [0.1, 0.15) is 11.5 Å². The van der Waals surface area contributed by atoms with Crippen molar-refractivity contribution in [2.75, 3.05) is 27.3 Å². The van der Waals surface area contributed by atoms with E-state index in [9.17, 15) is 5.11 Å². The van der Waals surface area contributed by atoms with E-state index in [0.717, 1.165) is 30.8 Å². The van der Waals surface area contributed by atoms with E-state index in [4.69, 9.17) is 9.47 Å². The third-order valence-corrected chi connectivity index (χ3v) is 4.71. The van der Waals surface area contributed by atoms with E-state index in [2.05, 4.69) is 11.8 Å². The number of likely N-dealkylation sites (tertiary alicyclic amines) is 1. The molecule has 1 aliphatic rings. The molecule has 1 aliphatic heterocycles. The third kappa shape index (κ3) is 4.14. The number of rotatable bonds is 7. The maximum Gasteiger partial charge on any atom is 0.128 e. The number of nitrogens with zero attached hydrogens (tertiary/aromatic N) is 1. The van der Waals surface area contributed by atoms with E-state index in [-0.39, 0.29) is 0 Å². The van der Waals surface area contributed by atoms with Crippen LogP contribution < -0.4 is 9.47 Å². The van der Waals surface area contributed by atoms with Gasteiger partial charge in [0.05, 0.1) is 20.3 Å². The summed E-state index contributed by atoms with van der Waals surface area (Å²) in [5, 5.41) is 10.5. The molecule has 2 unspecified atom stereocenters. The van der Waals surface area contributed by atoms with Crippen LogP contribution in [-0.4, -0.2) is 43.4 Å². The first-order valence-corrected chi connectivity index (χ1v) is 8.33. The smallest absolute Gasteiger partial charge is 0.128 e. The summed E-state index contributed by atoms with van der Waals surface area (Å²) < 4.78 is 10.6. The zero-order valence-electron chi connectivity index (χ0n) is 14.0. The summed E-state index contributed by atoms with van der Waals surface area (Å²) in [4.78, 5) is 2.53. The van der Waals surface area contributed by atoms with Crippen molar-refractivity contribution in [3.63, 3.8) is 0 Å². The summed E-state index contributed by atoms with van der Waals surface area (Å²) in [5.41, 5.74) is 0.841. The normalized spacial score (nSPS) is 20.6. The minimum absolute atomic E-state index is 0.500. The summed E-state index contributed by atoms with van der Waals surface area (Å²) in [6.07, 6.45) is 5.34. The third-order valence-electron chi connectivity index (χ3n) is 4.71. The Bertz CT molecular complexity index is 464. The van der Waals surface area contributed by atoms with Crippen LogP contribution in [0.5, 0.6) is 11.5 Å². The molecular weight excluding hydrogens is 278 g/mol. The van der Waals surface area contributed by atoms with Gasteiger partial charge in [0.15, 0.2) is 0 Å². The summed E-state index contributed by atoms with van der Waals surface area (Å²) >= 11 is 0. The van der Waals surface area contributed by atoms with Crippen molar-refractivity contribution in [3.05, 3.63) is 23.8 Å². The van der Waals surface area contributed by atoms with Crippen LogP contribution in [0.4, 0.5) is 0 Å². The van der Waals surface area contributed by atoms with Gasteiger partial charge >= 0.3 is 0 Å². The Morgan fingerprint density at radius 2 is 2.09 bits per heavy atom. The highest BCUT2D eigenvalue weighted by atomic mass is 16.5. The number of aliphatic hydroxyl groups excluding tert-OH is 1. The molecule has 0 bridgehead atoms. The van der Waals surface area contributed by atoms with E-state index >= 15 is 0 Å². The first-order valence-electron chi connectivity index (χ1n) is 8.33. The van der Waals surface area contributed by atoms with Crippen molar-refractivity contribution in [1.29, 1.82) is 0 Å². The highest BCUT2D eigenvalue weighted by Gasteiger charge is 2.22. The van der Waals surface area contributed by atoms with Crippen molar-refractivity contribution in [2.45, 2.75) is 51.2 Å². The Morgan fingerprint density at radius 1 is 1.27 bits per heavy atom. The van der Waals surface area contributed by atoms with Crippen molar-refractivity contribution in [1.82, 2.24) is 4.90 Å². The van der Waals surface area contributed by atoms with Gasteiger partial charge in [-0.2, -0.15) is 0 Å². The van der Waals surface area contributed by atoms with Crippen LogP contribution in [0.3, 0.4) is 0 Å². The average Bonchev–Trinajstić information content (AvgIpc) is 2.59. The molecular formula is C18H29NO3. The lowest BCUT2D eigenvalue weighted by atomic mass is 9.98. The fourth-order valence-electron chi connectivity index (χ4n) is 3.35. The Hall–Kier alpha value is -1.26. The summed E-state index contributed by atoms with van der Waals surface area (Å²) in [6, 6.07) is 6.28. The van der Waals surface area contributed by atoms with Gasteiger partial charge in [-0.05, 0) is 44.4 Å². The van der Waals surface area contributed by atoms with Gasteiger partial charge in [-0.1, -0.05) is 13.3 Å². The number of hydrogen-bond donors (Lipinski definition) is 1. The molecule has 0 spiro atoms. The lowest BCUT2D eigenvalue weighted by Crippen LogP contribution is -2.40. The molecule has 4 nitrogen and oxygen atoms in total. The second-order valence-electron chi connectivity index (χ2n) is 6.01. The van der Waals surface area contributed by atoms with Gasteiger partial charge in [-0.15, -0.1) is 0 Å². The molecule has 1 heterocycles. The molecule has 1 fully saturated rings. The summed E-state index contributed by atoms with van der Waals surface area (Å²) in [5.74, 6) is 1.44. The topological polar surface area (TPSA) is 41.9 Å². The van der Waals surface area contributed by atoms with Gasteiger partial charge < -0.3 is 19.5 Å². The van der Waals surface area contributed by atoms with Crippen LogP contribution in [0.15, 0.2) is 18.2 Å². The molecule has 0 aromatic heterocycles. The van der Waals surface area contributed by atoms with Crippen LogP contribution in [-0.2, 0) is 0 Å². The predicted molar refractivity (Wildman–Crippen MR) is 88.6 cm³/mol. The highest BCUT2D eigenvalue weighted by Crippen LogP contribution is 2.31. The predicted octanol–water partition coefficient (Wildman–Crippen LogP) is 3.39. The van der Waals surface area contributed by atoms with E-state index in [1.165, 1.54) is 25.7 Å². The molecule has 0 amide bonds. The van der Waals surface area contributed by atoms with Crippen LogP contribution >= 0.6 is 0 Å². The van der Waals surface area contributed by atoms with E-state index in [0.29, 0.717) is 11.8 Å². The number of ether oxygens (including phenoxy) is 2. The van der Waals surface area contributed by atoms with Gasteiger partial charge in [-0.25, -0.2) is 0 Å². The van der Waals surface area contributed by atoms with Crippen molar-refractivity contribution in [2.24, 2.45) is 0 Å². The fraction of sp³-hybridized carbons (Fsp3) is 0.667. The molecule has 1 saturated heterocycles. The molecule has 2 atom stereocenters. The number of methoxy groups -OCH3 is 2. The molecule has 0 radical (unpaired) electrons. The summed E-state index contributed by atoms with van der Waals surface area (Å²) in [7, 11) is 3.26. The minimum Gasteiger partial charge on any atom is -0.497 e. The first kappa shape index (κ1) is 17.1. The van der Waals surface area contributed by atoms with Gasteiger partial charge in [0.25, 0.3) is 0 Å². The number of benzene rings is 1. The van der Waals surface area contributed by atoms with Crippen LogP contribution in [0, 0.1) is 0 Å². The zero-order valence-corrected chi connectivity index (χ0v) is 14.0. The molecule has 0 aliphatic carbocycles. The largest absolute Gasteiger partial charge is 0.497 e. The van der Waals surface area contributed by atoms with Crippen LogP contribution in [0.2, 0.25) is 0 Å². The number of hydrogen-bond acceptors (Lipinski definition) is 4. The lowest BCUT2D eigenvalue weighted by molar-refractivity contribution is 0.0998. The molecule has 4 heteroatoms. The van der Waals surface area contributed by atoms with Gasteiger partial charge in [0.2, 0.25) is 0 Å². The Balaban J connectivity index is 1.98. The quantitative estimate of drug-likeness (QED) is 0.838. The van der Waals surface area contributed by atoms with E-state index in [1.807, 2.05) is 18.2 Å². The second-order valence-corrected chi connectivity index (χ2v) is 6.01. The van der Waals surface area contributed by atoms with E-state index in [1.54, 1.807) is 14.2 Å². The molecule has 124 valence electrons. The SMILES string of the molecule is CCC1CCCCN1CCC(O)c1ccc(OC)cc1OC. The Labute approximate surface area is 134 Å². The minimum atomic E-state index is -0.500. The van der Waals surface area contributed by atoms with Gasteiger partial charge in [0, 0.05) is 24.2 Å². The molecule has 1 aromatic rings. The Kier molecular flexibility index (Phi) is 6.52. The van der Waals surface area contributed by atoms with E-state index < -0.39 is 6.10 Å². The molecule has 22 heavy (non-hydrogen) atoms. The number of aliphatic hydroxyl groups is 1. The lowest BCUT2D eigenvalue weighted by Gasteiger charge is -2.35. The van der Waals surface area contributed by atoms with Crippen molar-refractivity contribution >= 4 is 0 Å². The Morgan fingerprint density at radius 3 is 2.77 bits per heavy atom. The summed E-state index contributed by atoms with van der Waals surface area (Å²) in [6.45, 7) is 4.35. The maximum atomic E-state index is 10.5. The van der Waals surface area contributed by atoms with Crippen LogP contribution in [0.25, 0.3) is 0 Å². The standard InChI is InChI=1S/C18H29NO3/c1-4-14-7-5-6-11-19(14)12-10-17(20)16-9-8-15(21-2)13-18(16)22-3/h8-9,13-14,17,20H,4-7,10-12H2,1-3H3. The fourth-order valence-corrected chi connectivity index (χ4v) is 3.35. The maximum absolute atomic E-state index is 10.5. The van der Waals surface area contributed by atoms with Gasteiger partial charge in [-0.3, -0.25) is 0 Å². The van der Waals surface area contributed by atoms with Crippen molar-refractivity contribution < 1.29 is 14.6 Å². The first-order chi connectivity index (χ1) is 10.7. The molecule has 1 N–H and O–H groups in total.